The van der Waals surface area contributed by atoms with Crippen molar-refractivity contribution in [1.82, 2.24) is 4.98 Å². The van der Waals surface area contributed by atoms with Crippen molar-refractivity contribution in [2.75, 3.05) is 5.32 Å². The van der Waals surface area contributed by atoms with Crippen LogP contribution in [-0.2, 0) is 6.42 Å². The topological polar surface area (TPSA) is 50.9 Å². The van der Waals surface area contributed by atoms with Crippen LogP contribution in [0.1, 0.15) is 30.0 Å². The van der Waals surface area contributed by atoms with Crippen LogP contribution in [0.15, 0.2) is 36.5 Å². The number of anilines is 2. The maximum atomic E-state index is 5.82. The van der Waals surface area contributed by atoms with Crippen LogP contribution in [0.4, 0.5) is 11.5 Å². The zero-order valence-corrected chi connectivity index (χ0v) is 12.6. The lowest BCUT2D eigenvalue weighted by Crippen LogP contribution is -2.15. The zero-order valence-electron chi connectivity index (χ0n) is 11.8. The molecule has 3 N–H and O–H groups in total. The summed E-state index contributed by atoms with van der Waals surface area (Å²) in [4.78, 5) is 4.75. The first-order valence-electron chi connectivity index (χ1n) is 6.73. The Labute approximate surface area is 125 Å². The molecule has 0 amide bonds. The third-order valence-electron chi connectivity index (χ3n) is 3.20. The van der Waals surface area contributed by atoms with E-state index in [2.05, 4.69) is 29.4 Å². The highest BCUT2D eigenvalue weighted by Gasteiger charge is 2.11. The third kappa shape index (κ3) is 3.14. The lowest BCUT2D eigenvalue weighted by atomic mass is 10.1. The van der Waals surface area contributed by atoms with Crippen molar-refractivity contribution in [1.29, 1.82) is 0 Å². The highest BCUT2D eigenvalue weighted by atomic mass is 32.1. The molecule has 3 nitrogen and oxygen atoms in total. The van der Waals surface area contributed by atoms with Gasteiger partial charge in [0.1, 0.15) is 10.8 Å². The van der Waals surface area contributed by atoms with Gasteiger partial charge in [0.25, 0.3) is 0 Å². The molecule has 0 fully saturated rings. The number of nitrogens with one attached hydrogen (secondary N) is 1. The van der Waals surface area contributed by atoms with E-state index in [0.29, 0.717) is 4.99 Å². The first kappa shape index (κ1) is 14.5. The molecule has 4 heteroatoms. The van der Waals surface area contributed by atoms with Gasteiger partial charge in [0, 0.05) is 11.9 Å². The molecule has 0 bridgehead atoms. The lowest BCUT2D eigenvalue weighted by Gasteiger charge is -2.15. The van der Waals surface area contributed by atoms with E-state index in [1.165, 1.54) is 5.56 Å². The molecule has 0 radical (unpaired) electrons. The number of hydrogen-bond donors (Lipinski definition) is 2. The van der Waals surface area contributed by atoms with Crippen LogP contribution in [0, 0.1) is 6.92 Å². The summed E-state index contributed by atoms with van der Waals surface area (Å²) in [5, 5.41) is 3.37. The van der Waals surface area contributed by atoms with E-state index in [1.807, 2.05) is 25.1 Å². The van der Waals surface area contributed by atoms with Crippen molar-refractivity contribution in [3.8, 4) is 0 Å². The standard InChI is InChI=1S/C16H19N3S/c1-3-6-12-7-4-5-8-13(12)19-16-14(15(17)20)11(2)9-10-18-16/h4-5,7-10H,3,6H2,1-2H3,(H2,17,20)(H,18,19). The zero-order chi connectivity index (χ0) is 14.5. The van der Waals surface area contributed by atoms with Crippen LogP contribution in [0.2, 0.25) is 0 Å². The van der Waals surface area contributed by atoms with Crippen molar-refractivity contribution in [2.45, 2.75) is 26.7 Å². The summed E-state index contributed by atoms with van der Waals surface area (Å²) in [6.07, 6.45) is 3.89. The van der Waals surface area contributed by atoms with Gasteiger partial charge < -0.3 is 11.1 Å². The van der Waals surface area contributed by atoms with E-state index in [-0.39, 0.29) is 0 Å². The van der Waals surface area contributed by atoms with Gasteiger partial charge in [-0.05, 0) is 36.6 Å². The molecule has 104 valence electrons. The normalized spacial score (nSPS) is 10.3. The Balaban J connectivity index is 2.40. The highest BCUT2D eigenvalue weighted by molar-refractivity contribution is 7.80. The minimum atomic E-state index is 0.367. The van der Waals surface area contributed by atoms with Gasteiger partial charge >= 0.3 is 0 Å². The number of pyridine rings is 1. The Morgan fingerprint density at radius 1 is 1.30 bits per heavy atom. The predicted octanol–water partition coefficient (Wildman–Crippen LogP) is 3.72. The fourth-order valence-electron chi connectivity index (χ4n) is 2.22. The molecular formula is C16H19N3S. The second-order valence-corrected chi connectivity index (χ2v) is 5.19. The molecular weight excluding hydrogens is 266 g/mol. The van der Waals surface area contributed by atoms with Gasteiger partial charge in [-0.3, -0.25) is 0 Å². The highest BCUT2D eigenvalue weighted by Crippen LogP contribution is 2.24. The predicted molar refractivity (Wildman–Crippen MR) is 88.6 cm³/mol. The summed E-state index contributed by atoms with van der Waals surface area (Å²) in [6, 6.07) is 10.2. The van der Waals surface area contributed by atoms with E-state index in [0.717, 1.165) is 35.5 Å². The molecule has 0 saturated heterocycles. The van der Waals surface area contributed by atoms with Gasteiger partial charge in [-0.25, -0.2) is 4.98 Å². The van der Waals surface area contributed by atoms with Crippen molar-refractivity contribution < 1.29 is 0 Å². The number of aryl methyl sites for hydroxylation is 2. The number of rotatable bonds is 5. The SMILES string of the molecule is CCCc1ccccc1Nc1nccc(C)c1C(N)=S. The van der Waals surface area contributed by atoms with E-state index < -0.39 is 0 Å². The van der Waals surface area contributed by atoms with Crippen LogP contribution in [0.3, 0.4) is 0 Å². The van der Waals surface area contributed by atoms with Crippen LogP contribution in [-0.4, -0.2) is 9.97 Å². The number of para-hydroxylation sites is 1. The molecule has 0 aliphatic rings. The second kappa shape index (κ2) is 6.48. The number of aromatic nitrogens is 1. The van der Waals surface area contributed by atoms with Crippen molar-refractivity contribution in [3.63, 3.8) is 0 Å². The average molecular weight is 285 g/mol. The molecule has 0 unspecified atom stereocenters. The Kier molecular flexibility index (Phi) is 4.69. The molecule has 2 aromatic rings. The van der Waals surface area contributed by atoms with Crippen LogP contribution < -0.4 is 11.1 Å². The molecule has 1 aromatic carbocycles. The van der Waals surface area contributed by atoms with Crippen LogP contribution >= 0.6 is 12.2 Å². The quantitative estimate of drug-likeness (QED) is 0.822. The summed E-state index contributed by atoms with van der Waals surface area (Å²) in [5.41, 5.74) is 9.99. The maximum Gasteiger partial charge on any atom is 0.140 e. The van der Waals surface area contributed by atoms with Gasteiger partial charge in [-0.2, -0.15) is 0 Å². The molecule has 0 atom stereocenters. The van der Waals surface area contributed by atoms with Gasteiger partial charge in [0.15, 0.2) is 0 Å². The lowest BCUT2D eigenvalue weighted by molar-refractivity contribution is 0.923. The van der Waals surface area contributed by atoms with Crippen molar-refractivity contribution >= 4 is 28.7 Å². The molecule has 0 saturated carbocycles. The van der Waals surface area contributed by atoms with Gasteiger partial charge in [0.2, 0.25) is 0 Å². The number of benzene rings is 1. The van der Waals surface area contributed by atoms with Crippen molar-refractivity contribution in [3.05, 3.63) is 53.2 Å². The molecule has 1 aromatic heterocycles. The third-order valence-corrected chi connectivity index (χ3v) is 3.40. The number of nitrogens with two attached hydrogens (primary N) is 1. The second-order valence-electron chi connectivity index (χ2n) is 4.75. The molecule has 1 heterocycles. The van der Waals surface area contributed by atoms with E-state index in [1.54, 1.807) is 6.20 Å². The molecule has 0 spiro atoms. The summed E-state index contributed by atoms with van der Waals surface area (Å²) in [5.74, 6) is 0.723. The molecule has 2 rings (SSSR count). The minimum Gasteiger partial charge on any atom is -0.389 e. The Morgan fingerprint density at radius 2 is 2.05 bits per heavy atom. The number of nitrogens with zero attached hydrogens (tertiary/aromatic N) is 1. The van der Waals surface area contributed by atoms with Crippen LogP contribution in [0.25, 0.3) is 0 Å². The summed E-state index contributed by atoms with van der Waals surface area (Å²) in [6.45, 7) is 4.15. The fraction of sp³-hybridized carbons (Fsp3) is 0.250. The van der Waals surface area contributed by atoms with Gasteiger partial charge in [-0.15, -0.1) is 0 Å². The number of hydrogen-bond acceptors (Lipinski definition) is 3. The summed E-state index contributed by atoms with van der Waals surface area (Å²) >= 11 is 5.14. The summed E-state index contributed by atoms with van der Waals surface area (Å²) in [7, 11) is 0. The Morgan fingerprint density at radius 3 is 2.75 bits per heavy atom. The monoisotopic (exact) mass is 285 g/mol. The maximum absolute atomic E-state index is 5.82. The van der Waals surface area contributed by atoms with E-state index in [4.69, 9.17) is 18.0 Å². The first-order valence-corrected chi connectivity index (χ1v) is 7.14. The minimum absolute atomic E-state index is 0.367. The molecule has 0 aliphatic carbocycles. The van der Waals surface area contributed by atoms with Gasteiger partial charge in [0.05, 0.1) is 5.56 Å². The van der Waals surface area contributed by atoms with E-state index >= 15 is 0 Å². The summed E-state index contributed by atoms with van der Waals surface area (Å²) < 4.78 is 0. The number of thiocarbonyl (C=S) groups is 1. The smallest absolute Gasteiger partial charge is 0.140 e. The first-order chi connectivity index (χ1) is 9.63. The van der Waals surface area contributed by atoms with Crippen LogP contribution in [0.5, 0.6) is 0 Å². The molecule has 0 aliphatic heterocycles. The van der Waals surface area contributed by atoms with Gasteiger partial charge in [-0.1, -0.05) is 43.8 Å². The fourth-order valence-corrected chi connectivity index (χ4v) is 2.48. The van der Waals surface area contributed by atoms with Crippen molar-refractivity contribution in [2.24, 2.45) is 5.73 Å². The Hall–Kier alpha value is -1.94. The average Bonchev–Trinajstić information content (AvgIpc) is 2.41. The Bertz CT molecular complexity index is 623. The molecule has 20 heavy (non-hydrogen) atoms. The largest absolute Gasteiger partial charge is 0.389 e. The van der Waals surface area contributed by atoms with E-state index in [9.17, 15) is 0 Å².